The van der Waals surface area contributed by atoms with Gasteiger partial charge in [0.15, 0.2) is 0 Å². The summed E-state index contributed by atoms with van der Waals surface area (Å²) in [5.74, 6) is 0.505. The maximum atomic E-state index is 11.2. The molecule has 3 atom stereocenters. The zero-order valence-electron chi connectivity index (χ0n) is 10.6. The van der Waals surface area contributed by atoms with Crippen molar-refractivity contribution < 1.29 is 9.90 Å². The van der Waals surface area contributed by atoms with Crippen LogP contribution in [0.25, 0.3) is 0 Å². The van der Waals surface area contributed by atoms with Crippen LogP contribution in [0.15, 0.2) is 24.3 Å². The Morgan fingerprint density at radius 1 is 1.17 bits per heavy atom. The van der Waals surface area contributed by atoms with Crippen molar-refractivity contribution in [3.8, 4) is 0 Å². The number of carboxylic acids is 1. The van der Waals surface area contributed by atoms with Gasteiger partial charge in [0.25, 0.3) is 0 Å². The molecule has 1 saturated carbocycles. The molecule has 3 unspecified atom stereocenters. The first kappa shape index (κ1) is 11.8. The molecule has 1 aromatic carbocycles. The Bertz CT molecular complexity index is 452. The second-order valence-electron chi connectivity index (χ2n) is 5.81. The lowest BCUT2D eigenvalue weighted by atomic mass is 9.70. The molecule has 2 nitrogen and oxygen atoms in total. The fourth-order valence-corrected chi connectivity index (χ4v) is 3.90. The average Bonchev–Trinajstić information content (AvgIpc) is 2.57. The SMILES string of the molecule is O=C(O)C1CCC2c3ccccc3CCCC2C1. The number of carbonyl (C=O) groups is 1. The number of benzene rings is 1. The third kappa shape index (κ3) is 2.05. The molecule has 0 heterocycles. The molecule has 2 aliphatic rings. The summed E-state index contributed by atoms with van der Waals surface area (Å²) in [5, 5.41) is 9.19. The highest BCUT2D eigenvalue weighted by Gasteiger charge is 2.36. The largest absolute Gasteiger partial charge is 0.481 e. The average molecular weight is 244 g/mol. The third-order valence-electron chi connectivity index (χ3n) is 4.81. The fourth-order valence-electron chi connectivity index (χ4n) is 3.90. The van der Waals surface area contributed by atoms with Crippen molar-refractivity contribution >= 4 is 5.97 Å². The van der Waals surface area contributed by atoms with E-state index >= 15 is 0 Å². The quantitative estimate of drug-likeness (QED) is 0.819. The Morgan fingerprint density at radius 2 is 2.00 bits per heavy atom. The summed E-state index contributed by atoms with van der Waals surface area (Å²) in [5.41, 5.74) is 3.00. The second kappa shape index (κ2) is 4.75. The molecule has 0 spiro atoms. The lowest BCUT2D eigenvalue weighted by Gasteiger charge is -2.34. The smallest absolute Gasteiger partial charge is 0.306 e. The van der Waals surface area contributed by atoms with Gasteiger partial charge in [-0.1, -0.05) is 24.3 Å². The molecular formula is C16H20O2. The minimum absolute atomic E-state index is 0.100. The van der Waals surface area contributed by atoms with Gasteiger partial charge >= 0.3 is 5.97 Å². The van der Waals surface area contributed by atoms with Crippen molar-refractivity contribution in [2.24, 2.45) is 11.8 Å². The van der Waals surface area contributed by atoms with Gasteiger partial charge in [-0.25, -0.2) is 0 Å². The molecule has 1 fully saturated rings. The van der Waals surface area contributed by atoms with Gasteiger partial charge in [-0.2, -0.15) is 0 Å². The molecule has 0 bridgehead atoms. The monoisotopic (exact) mass is 244 g/mol. The summed E-state index contributed by atoms with van der Waals surface area (Å²) in [6.45, 7) is 0. The summed E-state index contributed by atoms with van der Waals surface area (Å²) < 4.78 is 0. The molecule has 0 radical (unpaired) electrons. The van der Waals surface area contributed by atoms with Gasteiger partial charge in [-0.3, -0.25) is 4.79 Å². The minimum Gasteiger partial charge on any atom is -0.481 e. The van der Waals surface area contributed by atoms with Crippen molar-refractivity contribution in [1.82, 2.24) is 0 Å². The zero-order chi connectivity index (χ0) is 12.5. The first-order valence-corrected chi connectivity index (χ1v) is 7.06. The van der Waals surface area contributed by atoms with E-state index in [4.69, 9.17) is 0 Å². The summed E-state index contributed by atoms with van der Waals surface area (Å²) in [7, 11) is 0. The number of aryl methyl sites for hydroxylation is 1. The van der Waals surface area contributed by atoms with E-state index in [1.54, 1.807) is 0 Å². The topological polar surface area (TPSA) is 37.3 Å². The maximum absolute atomic E-state index is 11.2. The molecule has 0 aromatic heterocycles. The third-order valence-corrected chi connectivity index (χ3v) is 4.81. The highest BCUT2D eigenvalue weighted by atomic mass is 16.4. The fraction of sp³-hybridized carbons (Fsp3) is 0.562. The Balaban J connectivity index is 1.88. The van der Waals surface area contributed by atoms with E-state index in [1.807, 2.05) is 0 Å². The van der Waals surface area contributed by atoms with Crippen LogP contribution in [0, 0.1) is 11.8 Å². The van der Waals surface area contributed by atoms with E-state index in [-0.39, 0.29) is 5.92 Å². The Hall–Kier alpha value is -1.31. The number of carboxylic acid groups (broad SMARTS) is 1. The Labute approximate surface area is 108 Å². The molecule has 3 rings (SSSR count). The number of aliphatic carboxylic acids is 1. The van der Waals surface area contributed by atoms with E-state index in [9.17, 15) is 9.90 Å². The summed E-state index contributed by atoms with van der Waals surface area (Å²) in [6.07, 6.45) is 6.37. The normalized spacial score (nSPS) is 31.0. The highest BCUT2D eigenvalue weighted by molar-refractivity contribution is 5.70. The van der Waals surface area contributed by atoms with Crippen molar-refractivity contribution in [1.29, 1.82) is 0 Å². The van der Waals surface area contributed by atoms with Gasteiger partial charge in [-0.15, -0.1) is 0 Å². The van der Waals surface area contributed by atoms with Gasteiger partial charge in [0.1, 0.15) is 0 Å². The molecule has 2 aliphatic carbocycles. The van der Waals surface area contributed by atoms with Crippen molar-refractivity contribution in [2.45, 2.75) is 44.4 Å². The van der Waals surface area contributed by atoms with Crippen LogP contribution in [0.2, 0.25) is 0 Å². The summed E-state index contributed by atoms with van der Waals surface area (Å²) in [6, 6.07) is 8.77. The summed E-state index contributed by atoms with van der Waals surface area (Å²) >= 11 is 0. The molecule has 0 aliphatic heterocycles. The van der Waals surface area contributed by atoms with E-state index < -0.39 is 5.97 Å². The van der Waals surface area contributed by atoms with E-state index in [0.717, 1.165) is 19.3 Å². The molecule has 18 heavy (non-hydrogen) atoms. The predicted molar refractivity (Wildman–Crippen MR) is 70.6 cm³/mol. The van der Waals surface area contributed by atoms with Crippen LogP contribution in [0.5, 0.6) is 0 Å². The van der Waals surface area contributed by atoms with Crippen molar-refractivity contribution in [2.75, 3.05) is 0 Å². The van der Waals surface area contributed by atoms with Crippen molar-refractivity contribution in [3.05, 3.63) is 35.4 Å². The minimum atomic E-state index is -0.592. The van der Waals surface area contributed by atoms with Gasteiger partial charge in [0.05, 0.1) is 5.92 Å². The van der Waals surface area contributed by atoms with Crippen LogP contribution < -0.4 is 0 Å². The first-order chi connectivity index (χ1) is 8.75. The lowest BCUT2D eigenvalue weighted by molar-refractivity contribution is -0.143. The number of hydrogen-bond donors (Lipinski definition) is 1. The second-order valence-corrected chi connectivity index (χ2v) is 5.81. The molecule has 1 N–H and O–H groups in total. The van der Waals surface area contributed by atoms with Crippen LogP contribution in [0.4, 0.5) is 0 Å². The van der Waals surface area contributed by atoms with E-state index in [0.29, 0.717) is 11.8 Å². The van der Waals surface area contributed by atoms with Crippen LogP contribution in [-0.4, -0.2) is 11.1 Å². The number of hydrogen-bond acceptors (Lipinski definition) is 1. The molecule has 1 aromatic rings. The number of rotatable bonds is 1. The zero-order valence-corrected chi connectivity index (χ0v) is 10.6. The predicted octanol–water partition coefficient (Wildman–Crippen LogP) is 3.61. The van der Waals surface area contributed by atoms with Crippen LogP contribution in [-0.2, 0) is 11.2 Å². The van der Waals surface area contributed by atoms with Gasteiger partial charge < -0.3 is 5.11 Å². The maximum Gasteiger partial charge on any atom is 0.306 e. The van der Waals surface area contributed by atoms with Crippen LogP contribution >= 0.6 is 0 Å². The molecule has 2 heteroatoms. The molecule has 0 saturated heterocycles. The van der Waals surface area contributed by atoms with Crippen molar-refractivity contribution in [3.63, 3.8) is 0 Å². The van der Waals surface area contributed by atoms with Gasteiger partial charge in [-0.05, 0) is 61.5 Å². The van der Waals surface area contributed by atoms with Gasteiger partial charge in [0.2, 0.25) is 0 Å². The van der Waals surface area contributed by atoms with E-state index in [2.05, 4.69) is 24.3 Å². The van der Waals surface area contributed by atoms with Crippen LogP contribution in [0.3, 0.4) is 0 Å². The van der Waals surface area contributed by atoms with E-state index in [1.165, 1.54) is 30.4 Å². The van der Waals surface area contributed by atoms with Gasteiger partial charge in [0, 0.05) is 0 Å². The molecule has 96 valence electrons. The highest BCUT2D eigenvalue weighted by Crippen LogP contribution is 2.45. The number of fused-ring (bicyclic) bond motifs is 3. The lowest BCUT2D eigenvalue weighted by Crippen LogP contribution is -2.27. The first-order valence-electron chi connectivity index (χ1n) is 7.06. The summed E-state index contributed by atoms with van der Waals surface area (Å²) in [4.78, 5) is 11.2. The molecular weight excluding hydrogens is 224 g/mol. The van der Waals surface area contributed by atoms with Crippen LogP contribution in [0.1, 0.15) is 49.1 Å². The Kier molecular flexibility index (Phi) is 3.11. The molecule has 0 amide bonds. The standard InChI is InChI=1S/C16H20O2/c17-16(18)13-8-9-15-12(10-13)6-3-5-11-4-1-2-7-14(11)15/h1-2,4,7,12-13,15H,3,5-6,8-10H2,(H,17,18). The Morgan fingerprint density at radius 3 is 2.83 bits per heavy atom.